The molecule has 1 aromatic carbocycles. The van der Waals surface area contributed by atoms with Crippen LogP contribution in [-0.2, 0) is 21.3 Å². The Hall–Kier alpha value is -1.48. The average Bonchev–Trinajstić information content (AvgIpc) is 3.06. The van der Waals surface area contributed by atoms with Crippen LogP contribution in [0.1, 0.15) is 35.5 Å². The molecule has 0 aliphatic carbocycles. The summed E-state index contributed by atoms with van der Waals surface area (Å²) in [5.74, 6) is -1.05. The van der Waals surface area contributed by atoms with Crippen LogP contribution in [0.3, 0.4) is 0 Å². The molecular weight excluding hydrogens is 350 g/mol. The predicted octanol–water partition coefficient (Wildman–Crippen LogP) is 2.59. The molecular formula is C16H19NO5S2. The zero-order valence-corrected chi connectivity index (χ0v) is 15.0. The molecule has 1 aliphatic heterocycles. The van der Waals surface area contributed by atoms with Gasteiger partial charge >= 0.3 is 5.97 Å². The van der Waals surface area contributed by atoms with Crippen LogP contribution in [0.4, 0.5) is 0 Å². The fourth-order valence-corrected chi connectivity index (χ4v) is 5.43. The van der Waals surface area contributed by atoms with Gasteiger partial charge < -0.3 is 9.84 Å². The summed E-state index contributed by atoms with van der Waals surface area (Å²) in [6.45, 7) is 3.83. The molecule has 0 amide bonds. The molecule has 2 aromatic rings. The molecule has 1 fully saturated rings. The summed E-state index contributed by atoms with van der Waals surface area (Å²) in [6, 6.07) is 7.28. The molecule has 3 rings (SSSR count). The summed E-state index contributed by atoms with van der Waals surface area (Å²) in [7, 11) is -3.58. The predicted molar refractivity (Wildman–Crippen MR) is 93.0 cm³/mol. The van der Waals surface area contributed by atoms with Gasteiger partial charge in [0.2, 0.25) is 10.0 Å². The van der Waals surface area contributed by atoms with E-state index in [1.165, 1.54) is 0 Å². The van der Waals surface area contributed by atoms with Gasteiger partial charge in [0, 0.05) is 16.8 Å². The van der Waals surface area contributed by atoms with Crippen molar-refractivity contribution in [3.8, 4) is 0 Å². The highest BCUT2D eigenvalue weighted by molar-refractivity contribution is 7.90. The normalized spacial score (nSPS) is 20.5. The summed E-state index contributed by atoms with van der Waals surface area (Å²) in [5.41, 5.74) is 0.0469. The number of aromatic carboxylic acids is 1. The molecule has 0 bridgehead atoms. The van der Waals surface area contributed by atoms with Crippen molar-refractivity contribution >= 4 is 37.4 Å². The van der Waals surface area contributed by atoms with Crippen molar-refractivity contribution in [2.75, 3.05) is 6.61 Å². The zero-order chi connectivity index (χ0) is 17.5. The van der Waals surface area contributed by atoms with E-state index in [1.807, 2.05) is 38.1 Å². The lowest BCUT2D eigenvalue weighted by molar-refractivity contribution is 0.0367. The number of carboxylic acids is 1. The number of rotatable bonds is 5. The monoisotopic (exact) mass is 369 g/mol. The Balaban J connectivity index is 1.85. The van der Waals surface area contributed by atoms with Crippen LogP contribution in [0.15, 0.2) is 24.3 Å². The van der Waals surface area contributed by atoms with Crippen LogP contribution < -0.4 is 4.72 Å². The highest BCUT2D eigenvalue weighted by Crippen LogP contribution is 2.32. The summed E-state index contributed by atoms with van der Waals surface area (Å²) in [4.78, 5) is 11.6. The lowest BCUT2D eigenvalue weighted by Gasteiger charge is -2.16. The minimum absolute atomic E-state index is 0.0368. The second kappa shape index (κ2) is 6.11. The Morgan fingerprint density at radius 1 is 1.42 bits per heavy atom. The Bertz CT molecular complexity index is 885. The second-order valence-electron chi connectivity index (χ2n) is 6.47. The maximum absolute atomic E-state index is 12.5. The first kappa shape index (κ1) is 17.3. The Labute approximate surface area is 144 Å². The quantitative estimate of drug-likeness (QED) is 0.845. The number of nitrogens with one attached hydrogen (secondary N) is 1. The van der Waals surface area contributed by atoms with Gasteiger partial charge in [-0.2, -0.15) is 0 Å². The number of fused-ring (bicyclic) bond motifs is 1. The van der Waals surface area contributed by atoms with Crippen LogP contribution in [0.2, 0.25) is 0 Å². The van der Waals surface area contributed by atoms with Crippen LogP contribution in [-0.4, -0.2) is 37.0 Å². The van der Waals surface area contributed by atoms with Gasteiger partial charge in [-0.3, -0.25) is 0 Å². The Morgan fingerprint density at radius 2 is 2.12 bits per heavy atom. The lowest BCUT2D eigenvalue weighted by Crippen LogP contribution is -2.35. The number of carbonyl (C=O) groups is 1. The van der Waals surface area contributed by atoms with Gasteiger partial charge in [0.15, 0.2) is 0 Å². The third-order valence-electron chi connectivity index (χ3n) is 4.16. The van der Waals surface area contributed by atoms with Crippen LogP contribution in [0, 0.1) is 0 Å². The molecule has 6 nitrogen and oxygen atoms in total. The number of benzene rings is 1. The minimum Gasteiger partial charge on any atom is -0.477 e. The molecule has 1 atom stereocenters. The summed E-state index contributed by atoms with van der Waals surface area (Å²) >= 11 is 1.16. The molecule has 1 saturated heterocycles. The summed E-state index contributed by atoms with van der Waals surface area (Å²) in [6.07, 6.45) is 0.415. The lowest BCUT2D eigenvalue weighted by atomic mass is 10.1. The largest absolute Gasteiger partial charge is 0.477 e. The molecule has 0 saturated carbocycles. The van der Waals surface area contributed by atoms with Crippen molar-refractivity contribution in [2.24, 2.45) is 0 Å². The van der Waals surface area contributed by atoms with Crippen molar-refractivity contribution in [1.29, 1.82) is 0 Å². The first-order valence-electron chi connectivity index (χ1n) is 7.56. The standard InChI is InChI=1S/C16H19NO5S2/c1-16(2)7-10(9-22-16)24(20,21)17-8-12-11-5-3-4-6-13(11)23-14(12)15(18)19/h3-6,10,17H,7-9H2,1-2H3,(H,18,19). The van der Waals surface area contributed by atoms with E-state index in [-0.39, 0.29) is 18.0 Å². The van der Waals surface area contributed by atoms with Crippen LogP contribution in [0.5, 0.6) is 0 Å². The van der Waals surface area contributed by atoms with Gasteiger partial charge in [-0.15, -0.1) is 11.3 Å². The van der Waals surface area contributed by atoms with Gasteiger partial charge in [-0.25, -0.2) is 17.9 Å². The van der Waals surface area contributed by atoms with Gasteiger partial charge in [-0.1, -0.05) is 18.2 Å². The number of hydrogen-bond donors (Lipinski definition) is 2. The van der Waals surface area contributed by atoms with Crippen molar-refractivity contribution < 1.29 is 23.1 Å². The van der Waals surface area contributed by atoms with E-state index in [0.717, 1.165) is 21.4 Å². The third kappa shape index (κ3) is 3.32. The van der Waals surface area contributed by atoms with Gasteiger partial charge in [0.25, 0.3) is 0 Å². The van der Waals surface area contributed by atoms with E-state index in [9.17, 15) is 18.3 Å². The highest BCUT2D eigenvalue weighted by Gasteiger charge is 2.39. The fraction of sp³-hybridized carbons (Fsp3) is 0.438. The molecule has 2 heterocycles. The van der Waals surface area contributed by atoms with Crippen molar-refractivity contribution in [3.05, 3.63) is 34.7 Å². The molecule has 0 radical (unpaired) electrons. The second-order valence-corrected chi connectivity index (χ2v) is 9.57. The topological polar surface area (TPSA) is 92.7 Å². The summed E-state index contributed by atoms with van der Waals surface area (Å²) < 4.78 is 33.9. The molecule has 130 valence electrons. The fourth-order valence-electron chi connectivity index (χ4n) is 2.92. The first-order valence-corrected chi connectivity index (χ1v) is 9.92. The average molecular weight is 369 g/mol. The van der Waals surface area contributed by atoms with Gasteiger partial charge in [0.1, 0.15) is 10.1 Å². The zero-order valence-electron chi connectivity index (χ0n) is 13.4. The molecule has 8 heteroatoms. The Morgan fingerprint density at radius 3 is 2.75 bits per heavy atom. The molecule has 24 heavy (non-hydrogen) atoms. The van der Waals surface area contributed by atoms with Crippen molar-refractivity contribution in [1.82, 2.24) is 4.72 Å². The highest BCUT2D eigenvalue weighted by atomic mass is 32.2. The smallest absolute Gasteiger partial charge is 0.346 e. The molecule has 2 N–H and O–H groups in total. The van der Waals surface area contributed by atoms with E-state index >= 15 is 0 Å². The number of ether oxygens (including phenoxy) is 1. The number of hydrogen-bond acceptors (Lipinski definition) is 5. The van der Waals surface area contributed by atoms with Crippen LogP contribution in [0.25, 0.3) is 10.1 Å². The maximum atomic E-state index is 12.5. The minimum atomic E-state index is -3.58. The van der Waals surface area contributed by atoms with Gasteiger partial charge in [-0.05, 0) is 31.7 Å². The van der Waals surface area contributed by atoms with Crippen molar-refractivity contribution in [2.45, 2.75) is 37.7 Å². The van der Waals surface area contributed by atoms with E-state index in [4.69, 9.17) is 4.74 Å². The van der Waals surface area contributed by atoms with E-state index in [2.05, 4.69) is 4.72 Å². The number of carboxylic acid groups (broad SMARTS) is 1. The molecule has 1 aliphatic rings. The van der Waals surface area contributed by atoms with Gasteiger partial charge in [0.05, 0.1) is 12.2 Å². The first-order chi connectivity index (χ1) is 11.2. The van der Waals surface area contributed by atoms with Crippen LogP contribution >= 0.6 is 11.3 Å². The Kier molecular flexibility index (Phi) is 4.41. The maximum Gasteiger partial charge on any atom is 0.346 e. The molecule has 1 aromatic heterocycles. The molecule has 0 spiro atoms. The SMILES string of the molecule is CC1(C)CC(S(=O)(=O)NCc2c(C(=O)O)sc3ccccc23)CO1. The van der Waals surface area contributed by atoms with E-state index in [0.29, 0.717) is 12.0 Å². The summed E-state index contributed by atoms with van der Waals surface area (Å²) in [5, 5.41) is 9.54. The van der Waals surface area contributed by atoms with E-state index in [1.54, 1.807) is 0 Å². The molecule has 1 unspecified atom stereocenters. The van der Waals surface area contributed by atoms with Crippen molar-refractivity contribution in [3.63, 3.8) is 0 Å². The third-order valence-corrected chi connectivity index (χ3v) is 7.09. The van der Waals surface area contributed by atoms with E-state index < -0.39 is 26.8 Å². The number of sulfonamides is 1. The number of thiophene rings is 1.